The molecule has 0 spiro atoms. The van der Waals surface area contributed by atoms with E-state index in [1.165, 1.54) is 31.5 Å². The van der Waals surface area contributed by atoms with Crippen LogP contribution in [0.4, 0.5) is 0 Å². The van der Waals surface area contributed by atoms with E-state index in [0.29, 0.717) is 6.04 Å². The van der Waals surface area contributed by atoms with Crippen molar-refractivity contribution in [3.8, 4) is 0 Å². The molecule has 0 aromatic carbocycles. The summed E-state index contributed by atoms with van der Waals surface area (Å²) in [5, 5.41) is 0. The van der Waals surface area contributed by atoms with Crippen molar-refractivity contribution in [2.75, 3.05) is 26.8 Å². The van der Waals surface area contributed by atoms with Gasteiger partial charge in [-0.3, -0.25) is 4.90 Å². The molecule has 3 heterocycles. The third-order valence-corrected chi connectivity index (χ3v) is 4.22. The minimum absolute atomic E-state index is 0.676. The van der Waals surface area contributed by atoms with Gasteiger partial charge < -0.3 is 4.74 Å². The van der Waals surface area contributed by atoms with E-state index in [1.807, 2.05) is 7.11 Å². The highest BCUT2D eigenvalue weighted by Crippen LogP contribution is 2.39. The van der Waals surface area contributed by atoms with E-state index in [4.69, 9.17) is 4.74 Å². The Morgan fingerprint density at radius 3 is 2.87 bits per heavy atom. The van der Waals surface area contributed by atoms with E-state index < -0.39 is 0 Å². The number of hydrogen-bond acceptors (Lipinski definition) is 2. The van der Waals surface area contributed by atoms with Gasteiger partial charge in [0.1, 0.15) is 0 Å². The molecule has 3 aliphatic heterocycles. The topological polar surface area (TPSA) is 12.5 Å². The fourth-order valence-electron chi connectivity index (χ4n) is 3.23. The molecule has 86 valence electrons. The lowest BCUT2D eigenvalue weighted by atomic mass is 9.72. The molecule has 2 heteroatoms. The van der Waals surface area contributed by atoms with Gasteiger partial charge in [-0.05, 0) is 37.6 Å². The third kappa shape index (κ3) is 2.11. The van der Waals surface area contributed by atoms with E-state index in [0.717, 1.165) is 24.9 Å². The van der Waals surface area contributed by atoms with Crippen LogP contribution in [0.5, 0.6) is 0 Å². The number of fused-ring (bicyclic) bond motifs is 3. The van der Waals surface area contributed by atoms with Gasteiger partial charge in [0.15, 0.2) is 0 Å². The van der Waals surface area contributed by atoms with Crippen LogP contribution >= 0.6 is 0 Å². The van der Waals surface area contributed by atoms with Gasteiger partial charge in [-0.1, -0.05) is 19.1 Å². The van der Waals surface area contributed by atoms with Crippen LogP contribution in [0.15, 0.2) is 12.2 Å². The second kappa shape index (κ2) is 4.67. The van der Waals surface area contributed by atoms with Gasteiger partial charge in [-0.25, -0.2) is 0 Å². The number of rotatable bonds is 4. The Bertz CT molecular complexity index is 239. The second-order valence-electron chi connectivity index (χ2n) is 5.01. The zero-order valence-electron chi connectivity index (χ0n) is 10.0. The van der Waals surface area contributed by atoms with Crippen LogP contribution in [0.1, 0.15) is 26.2 Å². The predicted molar refractivity (Wildman–Crippen MR) is 62.9 cm³/mol. The minimum Gasteiger partial charge on any atom is -0.383 e. The van der Waals surface area contributed by atoms with Crippen molar-refractivity contribution >= 4 is 0 Å². The Morgan fingerprint density at radius 1 is 1.53 bits per heavy atom. The van der Waals surface area contributed by atoms with Crippen molar-refractivity contribution in [1.82, 2.24) is 4.90 Å². The standard InChI is InChI=1S/C13H23NO/c1-4-10(2)13-8-14-6-5-11(13)7-12(14)9-15-3/h11-13H,2,4-9H2,1,3H3. The summed E-state index contributed by atoms with van der Waals surface area (Å²) in [5.74, 6) is 1.64. The summed E-state index contributed by atoms with van der Waals surface area (Å²) >= 11 is 0. The fourth-order valence-corrected chi connectivity index (χ4v) is 3.23. The summed E-state index contributed by atoms with van der Waals surface area (Å²) in [6.45, 7) is 9.86. The van der Waals surface area contributed by atoms with Crippen LogP contribution in [0.2, 0.25) is 0 Å². The van der Waals surface area contributed by atoms with Crippen LogP contribution in [-0.4, -0.2) is 37.7 Å². The first-order valence-corrected chi connectivity index (χ1v) is 6.17. The molecule has 0 aromatic rings. The number of nitrogens with zero attached hydrogens (tertiary/aromatic N) is 1. The highest BCUT2D eigenvalue weighted by Gasteiger charge is 2.40. The molecule has 0 N–H and O–H groups in total. The molecule has 0 radical (unpaired) electrons. The summed E-state index contributed by atoms with van der Waals surface area (Å²) in [5.41, 5.74) is 1.46. The Kier molecular flexibility index (Phi) is 3.47. The van der Waals surface area contributed by atoms with E-state index in [1.54, 1.807) is 0 Å². The molecule has 4 atom stereocenters. The quantitative estimate of drug-likeness (QED) is 0.659. The van der Waals surface area contributed by atoms with Gasteiger partial charge >= 0.3 is 0 Å². The Hall–Kier alpha value is -0.340. The van der Waals surface area contributed by atoms with E-state index in [9.17, 15) is 0 Å². The monoisotopic (exact) mass is 209 g/mol. The molecule has 0 saturated carbocycles. The van der Waals surface area contributed by atoms with Crippen molar-refractivity contribution in [1.29, 1.82) is 0 Å². The zero-order valence-corrected chi connectivity index (χ0v) is 10.0. The summed E-state index contributed by atoms with van der Waals surface area (Å²) in [6.07, 6.45) is 3.82. The minimum atomic E-state index is 0.676. The summed E-state index contributed by atoms with van der Waals surface area (Å²) in [7, 11) is 1.81. The second-order valence-corrected chi connectivity index (χ2v) is 5.01. The first-order valence-electron chi connectivity index (χ1n) is 6.17. The zero-order chi connectivity index (χ0) is 10.8. The predicted octanol–water partition coefficient (Wildman–Crippen LogP) is 2.31. The lowest BCUT2D eigenvalue weighted by molar-refractivity contribution is -0.0198. The molecular formula is C13H23NO. The van der Waals surface area contributed by atoms with Gasteiger partial charge in [0.2, 0.25) is 0 Å². The molecule has 15 heavy (non-hydrogen) atoms. The van der Waals surface area contributed by atoms with Gasteiger partial charge in [0.25, 0.3) is 0 Å². The number of ether oxygens (including phenoxy) is 1. The van der Waals surface area contributed by atoms with Crippen LogP contribution in [-0.2, 0) is 4.74 Å². The van der Waals surface area contributed by atoms with Crippen LogP contribution < -0.4 is 0 Å². The third-order valence-electron chi connectivity index (χ3n) is 4.22. The van der Waals surface area contributed by atoms with Gasteiger partial charge in [0.05, 0.1) is 6.61 Å². The van der Waals surface area contributed by atoms with E-state index in [-0.39, 0.29) is 0 Å². The van der Waals surface area contributed by atoms with E-state index >= 15 is 0 Å². The van der Waals surface area contributed by atoms with Crippen molar-refractivity contribution < 1.29 is 4.74 Å². The van der Waals surface area contributed by atoms with Gasteiger partial charge in [-0.15, -0.1) is 0 Å². The van der Waals surface area contributed by atoms with Crippen LogP contribution in [0, 0.1) is 11.8 Å². The summed E-state index contributed by atoms with van der Waals surface area (Å²) in [6, 6.07) is 0.676. The van der Waals surface area contributed by atoms with Crippen molar-refractivity contribution in [3.05, 3.63) is 12.2 Å². The normalized spacial score (nSPS) is 39.3. The smallest absolute Gasteiger partial charge is 0.0618 e. The average Bonchev–Trinajstić information content (AvgIpc) is 2.29. The molecule has 2 nitrogen and oxygen atoms in total. The lowest BCUT2D eigenvalue weighted by Crippen LogP contribution is -2.55. The first-order chi connectivity index (χ1) is 7.26. The number of methoxy groups -OCH3 is 1. The van der Waals surface area contributed by atoms with Crippen molar-refractivity contribution in [2.24, 2.45) is 11.8 Å². The van der Waals surface area contributed by atoms with Gasteiger partial charge in [-0.2, -0.15) is 0 Å². The van der Waals surface area contributed by atoms with Crippen molar-refractivity contribution in [3.63, 3.8) is 0 Å². The Balaban J connectivity index is 1.99. The lowest BCUT2D eigenvalue weighted by Gasteiger charge is -2.50. The molecular weight excluding hydrogens is 186 g/mol. The van der Waals surface area contributed by atoms with Crippen LogP contribution in [0.3, 0.4) is 0 Å². The average molecular weight is 209 g/mol. The Morgan fingerprint density at radius 2 is 2.33 bits per heavy atom. The first kappa shape index (κ1) is 11.2. The maximum Gasteiger partial charge on any atom is 0.0618 e. The molecule has 3 rings (SSSR count). The molecule has 0 amide bonds. The number of piperidine rings is 3. The highest BCUT2D eigenvalue weighted by atomic mass is 16.5. The van der Waals surface area contributed by atoms with Crippen molar-refractivity contribution in [2.45, 2.75) is 32.2 Å². The maximum absolute atomic E-state index is 5.29. The van der Waals surface area contributed by atoms with Gasteiger partial charge in [0, 0.05) is 19.7 Å². The number of hydrogen-bond donors (Lipinski definition) is 0. The largest absolute Gasteiger partial charge is 0.383 e. The molecule has 3 aliphatic rings. The molecule has 0 aromatic heterocycles. The Labute approximate surface area is 93.3 Å². The molecule has 3 saturated heterocycles. The molecule has 2 bridgehead atoms. The highest BCUT2D eigenvalue weighted by molar-refractivity contribution is 5.08. The maximum atomic E-state index is 5.29. The molecule has 0 aliphatic carbocycles. The molecule has 3 fully saturated rings. The SMILES string of the molecule is C=C(CC)C1CN2CCC1CC2COC. The fraction of sp³-hybridized carbons (Fsp3) is 0.846. The van der Waals surface area contributed by atoms with Crippen LogP contribution in [0.25, 0.3) is 0 Å². The summed E-state index contributed by atoms with van der Waals surface area (Å²) in [4.78, 5) is 2.61. The van der Waals surface area contributed by atoms with E-state index in [2.05, 4.69) is 18.4 Å². The molecule has 4 unspecified atom stereocenters. The summed E-state index contributed by atoms with van der Waals surface area (Å²) < 4.78 is 5.29.